The summed E-state index contributed by atoms with van der Waals surface area (Å²) in [6.07, 6.45) is 0.764. The van der Waals surface area contributed by atoms with Gasteiger partial charge in [-0.15, -0.1) is 11.8 Å². The average molecular weight is 702 g/mol. The molecule has 2 aliphatic rings. The molecule has 0 saturated carbocycles. The number of esters is 1. The number of likely N-dealkylation sites (N-methyl/N-ethyl adjacent to an activating group) is 1. The molecular formula is C12H18I3N2O3SV. The van der Waals surface area contributed by atoms with Crippen molar-refractivity contribution in [3.8, 4) is 0 Å². The van der Waals surface area contributed by atoms with Crippen LogP contribution in [-0.2, 0) is 19.2 Å². The molecule has 1 amide bonds. The number of methoxy groups -OCH3 is 1. The van der Waals surface area contributed by atoms with E-state index < -0.39 is 5.97 Å². The van der Waals surface area contributed by atoms with Crippen molar-refractivity contribution < 1.29 is 19.2 Å². The minimum atomic E-state index is -0.400. The molecule has 2 aliphatic heterocycles. The summed E-state index contributed by atoms with van der Waals surface area (Å²) in [5.41, 5.74) is 1.46. The summed E-state index contributed by atoms with van der Waals surface area (Å²) in [6, 6.07) is -0.131. The minimum absolute atomic E-state index is 0.0106. The van der Waals surface area contributed by atoms with E-state index in [0.29, 0.717) is 5.70 Å². The van der Waals surface area contributed by atoms with Gasteiger partial charge >= 0.3 is 70.8 Å². The quantitative estimate of drug-likeness (QED) is 0.257. The predicted molar refractivity (Wildman–Crippen MR) is 112 cm³/mol. The average Bonchev–Trinajstić information content (AvgIpc) is 2.43. The van der Waals surface area contributed by atoms with Crippen LogP contribution in [0.3, 0.4) is 0 Å². The van der Waals surface area contributed by atoms with Gasteiger partial charge in [-0.3, -0.25) is 14.6 Å². The Morgan fingerprint density at radius 1 is 1.45 bits per heavy atom. The van der Waals surface area contributed by atoms with Crippen LogP contribution in [0, 0.1) is 0 Å². The van der Waals surface area contributed by atoms with E-state index in [4.69, 9.17) is 4.74 Å². The molecule has 0 bridgehead atoms. The molecule has 10 heteroatoms. The third kappa shape index (κ3) is 5.13. The molecule has 0 aliphatic carbocycles. The van der Waals surface area contributed by atoms with E-state index in [1.807, 2.05) is 25.9 Å². The first-order chi connectivity index (χ1) is 10.3. The van der Waals surface area contributed by atoms with Crippen LogP contribution >= 0.6 is 71.7 Å². The van der Waals surface area contributed by atoms with Crippen LogP contribution in [-0.4, -0.2) is 60.1 Å². The van der Waals surface area contributed by atoms with Crippen molar-refractivity contribution in [2.45, 2.75) is 24.8 Å². The molecule has 0 N–H and O–H groups in total. The van der Waals surface area contributed by atoms with Gasteiger partial charge in [0, 0.05) is 5.75 Å². The number of nitrogens with zero attached hydrogens (tertiary/aromatic N) is 2. The van der Waals surface area contributed by atoms with Gasteiger partial charge in [-0.25, -0.2) is 4.79 Å². The number of halogens is 3. The van der Waals surface area contributed by atoms with E-state index in [-0.39, 0.29) is 22.2 Å². The Kier molecular flexibility index (Phi) is 9.96. The summed E-state index contributed by atoms with van der Waals surface area (Å²) in [4.78, 5) is 27.2. The number of amides is 1. The van der Waals surface area contributed by atoms with Crippen LogP contribution in [0.5, 0.6) is 0 Å². The molecular weight excluding hydrogens is 684 g/mol. The SMILES string of the molecule is CCC1=C(C(=O)OC)N2C(=O)C(N(C)C)C2SC1.[I][V]([I])[I]. The molecule has 0 aromatic heterocycles. The molecule has 0 spiro atoms. The molecule has 22 heavy (non-hydrogen) atoms. The molecule has 2 atom stereocenters. The fourth-order valence-electron chi connectivity index (χ4n) is 2.36. The van der Waals surface area contributed by atoms with Crippen LogP contribution in [0.15, 0.2) is 11.3 Å². The molecule has 0 aromatic rings. The van der Waals surface area contributed by atoms with Gasteiger partial charge in [0.25, 0.3) is 0 Å². The second-order valence-electron chi connectivity index (χ2n) is 4.81. The molecule has 0 aromatic carbocycles. The first-order valence-corrected chi connectivity index (χ1v) is 21.0. The maximum atomic E-state index is 12.2. The molecule has 1 saturated heterocycles. The Morgan fingerprint density at radius 3 is 2.41 bits per heavy atom. The van der Waals surface area contributed by atoms with E-state index in [1.165, 1.54) is 7.11 Å². The maximum absolute atomic E-state index is 12.2. The number of β-lactam (4-membered cyclic amide) rings is 1. The van der Waals surface area contributed by atoms with Crippen molar-refractivity contribution in [3.05, 3.63) is 11.3 Å². The number of hydrogen-bond acceptors (Lipinski definition) is 5. The zero-order valence-electron chi connectivity index (χ0n) is 12.7. The summed E-state index contributed by atoms with van der Waals surface area (Å²) < 4.78 is 4.80. The Morgan fingerprint density at radius 2 is 2.00 bits per heavy atom. The van der Waals surface area contributed by atoms with Crippen LogP contribution in [0.2, 0.25) is 0 Å². The van der Waals surface area contributed by atoms with E-state index in [1.54, 1.807) is 16.7 Å². The van der Waals surface area contributed by atoms with Gasteiger partial charge < -0.3 is 4.74 Å². The molecule has 126 valence electrons. The molecule has 2 unspecified atom stereocenters. The van der Waals surface area contributed by atoms with Crippen molar-refractivity contribution in [1.82, 2.24) is 9.80 Å². The first kappa shape index (κ1) is 21.8. The zero-order chi connectivity index (χ0) is 17.0. The summed E-state index contributed by atoms with van der Waals surface area (Å²) in [7, 11) is 5.13. The Labute approximate surface area is 173 Å². The first-order valence-electron chi connectivity index (χ1n) is 6.45. The van der Waals surface area contributed by atoms with Crippen molar-refractivity contribution in [3.63, 3.8) is 0 Å². The van der Waals surface area contributed by atoms with Crippen molar-refractivity contribution >= 4 is 83.6 Å². The Balaban J connectivity index is 0.000000541. The van der Waals surface area contributed by atoms with E-state index in [2.05, 4.69) is 59.9 Å². The van der Waals surface area contributed by atoms with Crippen molar-refractivity contribution in [1.29, 1.82) is 0 Å². The summed E-state index contributed by atoms with van der Waals surface area (Å²) in [5.74, 6) is 0.381. The van der Waals surface area contributed by atoms with Crippen LogP contribution in [0.25, 0.3) is 0 Å². The van der Waals surface area contributed by atoms with Gasteiger partial charge in [-0.1, -0.05) is 6.92 Å². The number of ether oxygens (including phenoxy) is 1. The number of hydrogen-bond donors (Lipinski definition) is 0. The monoisotopic (exact) mass is 702 g/mol. The van der Waals surface area contributed by atoms with Gasteiger partial charge in [0.2, 0.25) is 5.91 Å². The van der Waals surface area contributed by atoms with Crippen LogP contribution in [0.1, 0.15) is 13.3 Å². The number of fused-ring (bicyclic) bond motifs is 1. The molecule has 1 fully saturated rings. The number of carbonyl (C=O) groups excluding carboxylic acids is 2. The van der Waals surface area contributed by atoms with E-state index in [0.717, 1.165) is 17.7 Å². The van der Waals surface area contributed by atoms with Crippen LogP contribution < -0.4 is 0 Å². The van der Waals surface area contributed by atoms with Gasteiger partial charge in [-0.2, -0.15) is 0 Å². The number of rotatable bonds is 3. The molecule has 0 radical (unpaired) electrons. The predicted octanol–water partition coefficient (Wildman–Crippen LogP) is 3.32. The van der Waals surface area contributed by atoms with E-state index >= 15 is 0 Å². The zero-order valence-corrected chi connectivity index (χ0v) is 21.4. The van der Waals surface area contributed by atoms with Crippen LogP contribution in [0.4, 0.5) is 0 Å². The topological polar surface area (TPSA) is 49.9 Å². The number of thioether (sulfide) groups is 1. The Bertz CT molecular complexity index is 474. The Hall–Kier alpha value is 1.76. The second kappa shape index (κ2) is 10.0. The summed E-state index contributed by atoms with van der Waals surface area (Å²) in [5, 5.41) is 0.0388. The van der Waals surface area contributed by atoms with Gasteiger partial charge in [0.15, 0.2) is 0 Å². The normalized spacial score (nSPS) is 23.9. The van der Waals surface area contributed by atoms with Gasteiger partial charge in [0.05, 0.1) is 7.11 Å². The fraction of sp³-hybridized carbons (Fsp3) is 0.667. The standard InChI is InChI=1S/C12H18N2O3S.3HI.V/c1-5-7-6-18-11-9(13(2)3)10(15)14(11)8(7)12(16)17-4;;;;/h9,11H,5-6H2,1-4H3;3*1H;/q;;;;+3/p-3. The molecule has 2 heterocycles. The van der Waals surface area contributed by atoms with Gasteiger partial charge in [0.1, 0.15) is 17.1 Å². The fourth-order valence-corrected chi connectivity index (χ4v) is 3.97. The molecule has 2 rings (SSSR count). The van der Waals surface area contributed by atoms with Crippen molar-refractivity contribution in [2.24, 2.45) is 0 Å². The van der Waals surface area contributed by atoms with E-state index in [9.17, 15) is 9.59 Å². The second-order valence-corrected chi connectivity index (χ2v) is 41.3. The van der Waals surface area contributed by atoms with Crippen molar-refractivity contribution in [2.75, 3.05) is 27.0 Å². The third-order valence-electron chi connectivity index (χ3n) is 3.38. The number of carbonyl (C=O) groups is 2. The third-order valence-corrected chi connectivity index (χ3v) is 4.71. The summed E-state index contributed by atoms with van der Waals surface area (Å²) >= 11 is 9.10. The summed E-state index contributed by atoms with van der Waals surface area (Å²) in [6.45, 7) is 1.99. The molecule has 5 nitrogen and oxygen atoms in total. The van der Waals surface area contributed by atoms with Gasteiger partial charge in [-0.05, 0) is 26.1 Å².